The van der Waals surface area contributed by atoms with E-state index in [2.05, 4.69) is 4.98 Å². The number of esters is 1. The van der Waals surface area contributed by atoms with Crippen LogP contribution in [0, 0.1) is 19.8 Å². The molecule has 1 fully saturated rings. The molecule has 2 heterocycles. The minimum Gasteiger partial charge on any atom is -0.469 e. The Morgan fingerprint density at radius 3 is 2.25 bits per heavy atom. The predicted molar refractivity (Wildman–Crippen MR) is 89.5 cm³/mol. The van der Waals surface area contributed by atoms with Crippen LogP contribution in [0.2, 0.25) is 0 Å². The summed E-state index contributed by atoms with van der Waals surface area (Å²) in [6, 6.07) is -0.208. The maximum Gasteiger partial charge on any atom is 0.309 e. The second-order valence-electron chi connectivity index (χ2n) is 6.72. The first-order valence-electron chi connectivity index (χ1n) is 8.44. The fourth-order valence-electron chi connectivity index (χ4n) is 3.75. The molecule has 1 aromatic heterocycles. The number of carbonyl (C=O) groups is 3. The Morgan fingerprint density at radius 2 is 1.79 bits per heavy atom. The lowest BCUT2D eigenvalue weighted by atomic mass is 9.94. The second kappa shape index (κ2) is 7.30. The molecule has 0 spiro atoms. The van der Waals surface area contributed by atoms with Crippen molar-refractivity contribution in [3.8, 4) is 0 Å². The number of hydrogen-bond donors (Lipinski definition) is 2. The van der Waals surface area contributed by atoms with Crippen molar-refractivity contribution in [1.29, 1.82) is 0 Å². The van der Waals surface area contributed by atoms with Crippen LogP contribution in [-0.2, 0) is 9.53 Å². The Bertz CT molecular complexity index is 654. The molecule has 0 radical (unpaired) electrons. The molecule has 0 unspecified atom stereocenters. The summed E-state index contributed by atoms with van der Waals surface area (Å²) >= 11 is 0. The molecule has 0 saturated carbocycles. The molecule has 132 valence electrons. The first kappa shape index (κ1) is 18.4. The summed E-state index contributed by atoms with van der Waals surface area (Å²) < 4.78 is 4.80. The summed E-state index contributed by atoms with van der Waals surface area (Å²) in [6.07, 6.45) is 1.47. The number of piperidine rings is 1. The molecule has 2 rings (SSSR count). The van der Waals surface area contributed by atoms with Crippen LogP contribution in [0.25, 0.3) is 0 Å². The molecule has 0 amide bonds. The SMILES string of the molecule is COC(=O)C1CC[NH+]([C@@H](C)C(=O)c2[nH]c(C)c(C(C)=O)c2C)CC1. The maximum absolute atomic E-state index is 12.9. The lowest BCUT2D eigenvalue weighted by Gasteiger charge is -2.31. The zero-order valence-electron chi connectivity index (χ0n) is 15.1. The third-order valence-electron chi connectivity index (χ3n) is 5.20. The molecule has 6 nitrogen and oxygen atoms in total. The average molecular weight is 335 g/mol. The van der Waals surface area contributed by atoms with Gasteiger partial charge in [0.15, 0.2) is 5.78 Å². The zero-order chi connectivity index (χ0) is 18.0. The number of methoxy groups -OCH3 is 1. The van der Waals surface area contributed by atoms with Crippen LogP contribution in [-0.4, -0.2) is 48.8 Å². The normalized spacial score (nSPS) is 22.0. The summed E-state index contributed by atoms with van der Waals surface area (Å²) in [5.74, 6) is -0.219. The molecule has 0 bridgehead atoms. The van der Waals surface area contributed by atoms with Gasteiger partial charge < -0.3 is 14.6 Å². The number of ether oxygens (including phenoxy) is 1. The molecule has 2 N–H and O–H groups in total. The lowest BCUT2D eigenvalue weighted by Crippen LogP contribution is -3.17. The van der Waals surface area contributed by atoms with Crippen molar-refractivity contribution in [1.82, 2.24) is 4.98 Å². The number of quaternary nitrogens is 1. The van der Waals surface area contributed by atoms with E-state index in [4.69, 9.17) is 4.74 Å². The Balaban J connectivity index is 2.10. The molecule has 1 atom stereocenters. The number of ketones is 2. The molecule has 0 aromatic carbocycles. The van der Waals surface area contributed by atoms with Gasteiger partial charge in [-0.1, -0.05) is 0 Å². The van der Waals surface area contributed by atoms with Crippen molar-refractivity contribution in [2.75, 3.05) is 20.2 Å². The quantitative estimate of drug-likeness (QED) is 0.618. The van der Waals surface area contributed by atoms with Crippen LogP contribution >= 0.6 is 0 Å². The standard InChI is InChI=1S/C18H26N2O4/c1-10-15(13(4)21)11(2)19-16(10)17(22)12(3)20-8-6-14(7-9-20)18(23)24-5/h12,14,19H,6-9H2,1-5H3/p+1/t12-/m0/s1. The highest BCUT2D eigenvalue weighted by molar-refractivity contribution is 6.04. The molecule has 0 aliphatic carbocycles. The number of H-pyrrole nitrogens is 1. The van der Waals surface area contributed by atoms with E-state index in [1.165, 1.54) is 18.9 Å². The number of nitrogens with one attached hydrogen (secondary N) is 2. The number of Topliss-reactive ketones (excluding diaryl/α,β-unsaturated/α-hetero) is 2. The van der Waals surface area contributed by atoms with Gasteiger partial charge >= 0.3 is 5.97 Å². The van der Waals surface area contributed by atoms with E-state index in [1.54, 1.807) is 0 Å². The van der Waals surface area contributed by atoms with Gasteiger partial charge in [0.25, 0.3) is 0 Å². The topological polar surface area (TPSA) is 80.7 Å². The zero-order valence-corrected chi connectivity index (χ0v) is 15.1. The highest BCUT2D eigenvalue weighted by Gasteiger charge is 2.35. The van der Waals surface area contributed by atoms with Gasteiger partial charge in [0, 0.05) is 24.1 Å². The van der Waals surface area contributed by atoms with E-state index >= 15 is 0 Å². The maximum atomic E-state index is 12.9. The smallest absolute Gasteiger partial charge is 0.309 e. The van der Waals surface area contributed by atoms with E-state index in [0.29, 0.717) is 11.3 Å². The monoisotopic (exact) mass is 335 g/mol. The van der Waals surface area contributed by atoms with Gasteiger partial charge in [0.05, 0.1) is 31.8 Å². The van der Waals surface area contributed by atoms with Crippen LogP contribution in [0.1, 0.15) is 58.8 Å². The van der Waals surface area contributed by atoms with Gasteiger partial charge in [-0.3, -0.25) is 14.4 Å². The summed E-state index contributed by atoms with van der Waals surface area (Å²) in [7, 11) is 1.41. The number of hydrogen-bond acceptors (Lipinski definition) is 4. The Hall–Kier alpha value is -1.95. The average Bonchev–Trinajstić information content (AvgIpc) is 2.87. The Kier molecular flexibility index (Phi) is 5.59. The summed E-state index contributed by atoms with van der Waals surface area (Å²) in [5.41, 5.74) is 2.63. The van der Waals surface area contributed by atoms with Gasteiger partial charge in [-0.05, 0) is 33.3 Å². The Labute approximate surface area is 142 Å². The molecular weight excluding hydrogens is 308 g/mol. The molecular formula is C18H27N2O4+. The van der Waals surface area contributed by atoms with E-state index < -0.39 is 0 Å². The third kappa shape index (κ3) is 3.43. The van der Waals surface area contributed by atoms with Crippen molar-refractivity contribution in [2.24, 2.45) is 5.92 Å². The molecule has 1 aliphatic heterocycles. The van der Waals surface area contributed by atoms with E-state index in [0.717, 1.165) is 37.2 Å². The van der Waals surface area contributed by atoms with Crippen molar-refractivity contribution < 1.29 is 24.0 Å². The summed E-state index contributed by atoms with van der Waals surface area (Å²) in [6.45, 7) is 8.61. The van der Waals surface area contributed by atoms with Crippen LogP contribution in [0.15, 0.2) is 0 Å². The molecule has 1 saturated heterocycles. The van der Waals surface area contributed by atoms with E-state index in [-0.39, 0.29) is 29.5 Å². The van der Waals surface area contributed by atoms with Crippen molar-refractivity contribution in [2.45, 2.75) is 46.6 Å². The second-order valence-corrected chi connectivity index (χ2v) is 6.72. The lowest BCUT2D eigenvalue weighted by molar-refractivity contribution is -0.919. The fourth-order valence-corrected chi connectivity index (χ4v) is 3.75. The van der Waals surface area contributed by atoms with Gasteiger partial charge in [0.1, 0.15) is 6.04 Å². The van der Waals surface area contributed by atoms with Gasteiger partial charge in [-0.2, -0.15) is 0 Å². The number of likely N-dealkylation sites (tertiary alicyclic amines) is 1. The molecule has 1 aromatic rings. The molecule has 6 heteroatoms. The van der Waals surface area contributed by atoms with Gasteiger partial charge in [0.2, 0.25) is 5.78 Å². The fraction of sp³-hybridized carbons (Fsp3) is 0.611. The number of carbonyl (C=O) groups excluding carboxylic acids is 3. The minimum absolute atomic E-state index is 0.0228. The van der Waals surface area contributed by atoms with Crippen molar-refractivity contribution in [3.05, 3.63) is 22.5 Å². The van der Waals surface area contributed by atoms with E-state index in [9.17, 15) is 14.4 Å². The van der Waals surface area contributed by atoms with Crippen LogP contribution in [0.3, 0.4) is 0 Å². The number of aromatic nitrogens is 1. The van der Waals surface area contributed by atoms with Crippen LogP contribution < -0.4 is 4.90 Å². The van der Waals surface area contributed by atoms with Crippen molar-refractivity contribution in [3.63, 3.8) is 0 Å². The number of aromatic amines is 1. The van der Waals surface area contributed by atoms with Crippen LogP contribution in [0.5, 0.6) is 0 Å². The first-order valence-corrected chi connectivity index (χ1v) is 8.44. The summed E-state index contributed by atoms with van der Waals surface area (Å²) in [4.78, 5) is 40.5. The number of aryl methyl sites for hydroxylation is 1. The highest BCUT2D eigenvalue weighted by atomic mass is 16.5. The third-order valence-corrected chi connectivity index (χ3v) is 5.20. The predicted octanol–water partition coefficient (Wildman–Crippen LogP) is 0.873. The summed E-state index contributed by atoms with van der Waals surface area (Å²) in [5, 5.41) is 0. The molecule has 24 heavy (non-hydrogen) atoms. The van der Waals surface area contributed by atoms with E-state index in [1.807, 2.05) is 20.8 Å². The first-order chi connectivity index (χ1) is 11.3. The van der Waals surface area contributed by atoms with Gasteiger partial charge in [-0.25, -0.2) is 0 Å². The van der Waals surface area contributed by atoms with Crippen LogP contribution in [0.4, 0.5) is 0 Å². The number of rotatable bonds is 5. The largest absolute Gasteiger partial charge is 0.469 e. The molecule has 1 aliphatic rings. The highest BCUT2D eigenvalue weighted by Crippen LogP contribution is 2.20. The van der Waals surface area contributed by atoms with Gasteiger partial charge in [-0.15, -0.1) is 0 Å². The Morgan fingerprint density at radius 1 is 1.21 bits per heavy atom. The van der Waals surface area contributed by atoms with Crippen molar-refractivity contribution >= 4 is 17.5 Å². The minimum atomic E-state index is -0.208.